The number of para-hydroxylation sites is 2. The van der Waals surface area contributed by atoms with Crippen molar-refractivity contribution in [1.82, 2.24) is 0 Å². The third kappa shape index (κ3) is 2.00. The van der Waals surface area contributed by atoms with E-state index in [0.29, 0.717) is 11.4 Å². The molecule has 1 aliphatic rings. The van der Waals surface area contributed by atoms with Crippen LogP contribution in [0.15, 0.2) is 34.3 Å². The smallest absolute Gasteiger partial charge is 0.295 e. The molecule has 0 radical (unpaired) electrons. The standard InChI is InChI=1S/C10H10N4O2/c11-10(12)14-9(15)8-5-13-6-3-1-2-4-7(6)16-8/h1-5,8H,(H4,11,12,14,15). The molecule has 82 valence electrons. The second kappa shape index (κ2) is 4.01. The number of hydrogen-bond acceptors (Lipinski definition) is 3. The minimum Gasteiger partial charge on any atom is -0.472 e. The van der Waals surface area contributed by atoms with Gasteiger partial charge < -0.3 is 16.2 Å². The average molecular weight is 218 g/mol. The molecule has 1 aromatic carbocycles. The Morgan fingerprint density at radius 3 is 2.88 bits per heavy atom. The highest BCUT2D eigenvalue weighted by Crippen LogP contribution is 2.30. The second-order valence-electron chi connectivity index (χ2n) is 3.16. The number of amides is 1. The van der Waals surface area contributed by atoms with Gasteiger partial charge in [0.25, 0.3) is 5.91 Å². The Bertz CT molecular complexity index is 477. The van der Waals surface area contributed by atoms with Crippen LogP contribution in [-0.2, 0) is 4.79 Å². The Hall–Kier alpha value is -2.37. The normalized spacial score (nSPS) is 17.1. The van der Waals surface area contributed by atoms with Crippen molar-refractivity contribution in [3.8, 4) is 5.75 Å². The molecule has 2 rings (SSSR count). The summed E-state index contributed by atoms with van der Waals surface area (Å²) >= 11 is 0. The number of benzene rings is 1. The first-order valence-electron chi connectivity index (χ1n) is 4.60. The third-order valence-electron chi connectivity index (χ3n) is 1.95. The van der Waals surface area contributed by atoms with E-state index in [2.05, 4.69) is 9.98 Å². The highest BCUT2D eigenvalue weighted by Gasteiger charge is 2.22. The minimum atomic E-state index is -0.864. The van der Waals surface area contributed by atoms with E-state index in [4.69, 9.17) is 16.2 Å². The van der Waals surface area contributed by atoms with E-state index in [1.165, 1.54) is 6.21 Å². The molecule has 0 saturated carbocycles. The predicted octanol–water partition coefficient (Wildman–Crippen LogP) is -0.0501. The van der Waals surface area contributed by atoms with Gasteiger partial charge in [0.2, 0.25) is 6.10 Å². The van der Waals surface area contributed by atoms with E-state index in [1.54, 1.807) is 18.2 Å². The maximum absolute atomic E-state index is 11.5. The van der Waals surface area contributed by atoms with Crippen molar-refractivity contribution in [2.75, 3.05) is 0 Å². The van der Waals surface area contributed by atoms with Gasteiger partial charge in [-0.15, -0.1) is 0 Å². The van der Waals surface area contributed by atoms with Gasteiger partial charge in [-0.1, -0.05) is 12.1 Å². The predicted molar refractivity (Wildman–Crippen MR) is 59.8 cm³/mol. The summed E-state index contributed by atoms with van der Waals surface area (Å²) in [6, 6.07) is 7.13. The Morgan fingerprint density at radius 1 is 1.38 bits per heavy atom. The molecule has 0 saturated heterocycles. The molecule has 1 amide bonds. The quantitative estimate of drug-likeness (QED) is 0.509. The lowest BCUT2D eigenvalue weighted by molar-refractivity contribution is -0.121. The highest BCUT2D eigenvalue weighted by molar-refractivity contribution is 6.03. The fourth-order valence-electron chi connectivity index (χ4n) is 1.28. The molecule has 0 aromatic heterocycles. The third-order valence-corrected chi connectivity index (χ3v) is 1.95. The van der Waals surface area contributed by atoms with E-state index in [-0.39, 0.29) is 5.96 Å². The largest absolute Gasteiger partial charge is 0.472 e. The average Bonchev–Trinajstić information content (AvgIpc) is 2.27. The fourth-order valence-corrected chi connectivity index (χ4v) is 1.28. The first-order valence-corrected chi connectivity index (χ1v) is 4.60. The molecule has 1 aliphatic heterocycles. The highest BCUT2D eigenvalue weighted by atomic mass is 16.5. The van der Waals surface area contributed by atoms with Crippen molar-refractivity contribution in [2.45, 2.75) is 6.10 Å². The van der Waals surface area contributed by atoms with Crippen molar-refractivity contribution in [3.63, 3.8) is 0 Å². The zero-order chi connectivity index (χ0) is 11.5. The lowest BCUT2D eigenvalue weighted by atomic mass is 10.2. The van der Waals surface area contributed by atoms with Crippen LogP contribution in [0.5, 0.6) is 5.75 Å². The summed E-state index contributed by atoms with van der Waals surface area (Å²) in [4.78, 5) is 18.9. The number of carbonyl (C=O) groups is 1. The lowest BCUT2D eigenvalue weighted by Gasteiger charge is -2.17. The zero-order valence-corrected chi connectivity index (χ0v) is 8.33. The number of hydrogen-bond donors (Lipinski definition) is 2. The molecule has 6 heteroatoms. The Morgan fingerprint density at radius 2 is 2.12 bits per heavy atom. The van der Waals surface area contributed by atoms with Crippen molar-refractivity contribution < 1.29 is 9.53 Å². The summed E-state index contributed by atoms with van der Waals surface area (Å²) in [5.74, 6) is -0.326. The molecule has 1 unspecified atom stereocenters. The SMILES string of the molecule is NC(N)=NC(=O)C1C=Nc2ccccc2O1. The monoisotopic (exact) mass is 218 g/mol. The van der Waals surface area contributed by atoms with Crippen LogP contribution in [-0.4, -0.2) is 24.2 Å². The lowest BCUT2D eigenvalue weighted by Crippen LogP contribution is -2.33. The molecular weight excluding hydrogens is 208 g/mol. The maximum Gasteiger partial charge on any atom is 0.295 e. The molecule has 0 fully saturated rings. The van der Waals surface area contributed by atoms with Crippen LogP contribution in [0, 0.1) is 0 Å². The van der Waals surface area contributed by atoms with Gasteiger partial charge in [-0.3, -0.25) is 9.79 Å². The number of nitrogens with two attached hydrogens (primary N) is 2. The van der Waals surface area contributed by atoms with E-state index >= 15 is 0 Å². The van der Waals surface area contributed by atoms with Gasteiger partial charge >= 0.3 is 0 Å². The van der Waals surface area contributed by atoms with Crippen molar-refractivity contribution in [1.29, 1.82) is 0 Å². The molecular formula is C10H10N4O2. The van der Waals surface area contributed by atoms with E-state index in [1.807, 2.05) is 6.07 Å². The number of ether oxygens (including phenoxy) is 1. The topological polar surface area (TPSA) is 103 Å². The molecule has 0 aliphatic carbocycles. The summed E-state index contributed by atoms with van der Waals surface area (Å²) in [5.41, 5.74) is 10.9. The molecule has 4 N–H and O–H groups in total. The number of aliphatic imine (C=N–C) groups is 2. The number of guanidine groups is 1. The minimum absolute atomic E-state index is 0.291. The van der Waals surface area contributed by atoms with Crippen molar-refractivity contribution >= 4 is 23.8 Å². The van der Waals surface area contributed by atoms with Gasteiger partial charge in [-0.05, 0) is 12.1 Å². The molecule has 6 nitrogen and oxygen atoms in total. The van der Waals surface area contributed by atoms with Crippen LogP contribution in [0.4, 0.5) is 5.69 Å². The summed E-state index contributed by atoms with van der Waals surface area (Å²) in [5, 5.41) is 0. The first-order chi connectivity index (χ1) is 7.66. The van der Waals surface area contributed by atoms with Crippen LogP contribution in [0.1, 0.15) is 0 Å². The Kier molecular flexibility index (Phi) is 2.55. The number of fused-ring (bicyclic) bond motifs is 1. The fraction of sp³-hybridized carbons (Fsp3) is 0.100. The Balaban J connectivity index is 2.21. The molecule has 0 spiro atoms. The van der Waals surface area contributed by atoms with Crippen LogP contribution in [0.3, 0.4) is 0 Å². The molecule has 1 aromatic rings. The first kappa shape index (κ1) is 10.2. The number of carbonyl (C=O) groups excluding carboxylic acids is 1. The van der Waals surface area contributed by atoms with Gasteiger partial charge in [-0.25, -0.2) is 0 Å². The summed E-state index contributed by atoms with van der Waals surface area (Å²) < 4.78 is 5.38. The number of rotatable bonds is 1. The van der Waals surface area contributed by atoms with E-state index in [9.17, 15) is 4.79 Å². The van der Waals surface area contributed by atoms with Crippen LogP contribution in [0.25, 0.3) is 0 Å². The molecule has 1 heterocycles. The zero-order valence-electron chi connectivity index (χ0n) is 8.33. The summed E-state index contributed by atoms with van der Waals surface area (Å²) in [6.07, 6.45) is 0.508. The molecule has 0 bridgehead atoms. The van der Waals surface area contributed by atoms with Gasteiger partial charge in [0.1, 0.15) is 11.4 Å². The second-order valence-corrected chi connectivity index (χ2v) is 3.16. The van der Waals surface area contributed by atoms with Crippen LogP contribution >= 0.6 is 0 Å². The molecule has 1 atom stereocenters. The summed E-state index contributed by atoms with van der Waals surface area (Å²) in [7, 11) is 0. The van der Waals surface area contributed by atoms with Crippen LogP contribution in [0.2, 0.25) is 0 Å². The van der Waals surface area contributed by atoms with Gasteiger partial charge in [0.05, 0.1) is 6.21 Å². The van der Waals surface area contributed by atoms with E-state index in [0.717, 1.165) is 0 Å². The van der Waals surface area contributed by atoms with Gasteiger partial charge in [0.15, 0.2) is 5.96 Å². The molecule has 16 heavy (non-hydrogen) atoms. The van der Waals surface area contributed by atoms with Crippen molar-refractivity contribution in [3.05, 3.63) is 24.3 Å². The maximum atomic E-state index is 11.5. The summed E-state index contributed by atoms with van der Waals surface area (Å²) in [6.45, 7) is 0. The van der Waals surface area contributed by atoms with Crippen molar-refractivity contribution in [2.24, 2.45) is 21.5 Å². The van der Waals surface area contributed by atoms with Gasteiger partial charge in [0, 0.05) is 0 Å². The van der Waals surface area contributed by atoms with Gasteiger partial charge in [-0.2, -0.15) is 4.99 Å². The number of nitrogens with zero attached hydrogens (tertiary/aromatic N) is 2. The van der Waals surface area contributed by atoms with E-state index < -0.39 is 12.0 Å². The van der Waals surface area contributed by atoms with Crippen LogP contribution < -0.4 is 16.2 Å². The Labute approximate surface area is 91.6 Å².